The Bertz CT molecular complexity index is 485. The minimum absolute atomic E-state index is 0.0610. The maximum absolute atomic E-state index is 5.91. The molecule has 0 unspecified atom stereocenters. The predicted octanol–water partition coefficient (Wildman–Crippen LogP) is 2.61. The van der Waals surface area contributed by atoms with Crippen molar-refractivity contribution in [3.05, 3.63) is 35.5 Å². The Morgan fingerprint density at radius 1 is 1.25 bits per heavy atom. The monoisotopic (exact) mass is 236 g/mol. The molecule has 0 N–H and O–H groups in total. The molecule has 0 aliphatic rings. The van der Waals surface area contributed by atoms with Crippen molar-refractivity contribution >= 4 is 11.6 Å². The van der Waals surface area contributed by atoms with Crippen molar-refractivity contribution < 1.29 is 0 Å². The van der Waals surface area contributed by atoms with Crippen LogP contribution in [0, 0.1) is 0 Å². The summed E-state index contributed by atoms with van der Waals surface area (Å²) in [5.41, 5.74) is 0.840. The fraction of sp³-hybridized carbons (Fsp3) is 0.364. The second-order valence-corrected chi connectivity index (χ2v) is 4.92. The van der Waals surface area contributed by atoms with Crippen LogP contribution in [0.15, 0.2) is 24.5 Å². The summed E-state index contributed by atoms with van der Waals surface area (Å²) in [7, 11) is 0. The van der Waals surface area contributed by atoms with Crippen molar-refractivity contribution in [1.29, 1.82) is 0 Å². The van der Waals surface area contributed by atoms with Crippen LogP contribution in [0.2, 0.25) is 5.28 Å². The molecular formula is C11H13ClN4. The van der Waals surface area contributed by atoms with Crippen molar-refractivity contribution in [3.63, 3.8) is 0 Å². The van der Waals surface area contributed by atoms with E-state index in [1.165, 1.54) is 0 Å². The number of nitrogens with zero attached hydrogens (tertiary/aromatic N) is 4. The maximum Gasteiger partial charge on any atom is 0.224 e. The van der Waals surface area contributed by atoms with Crippen LogP contribution in [-0.4, -0.2) is 19.7 Å². The van der Waals surface area contributed by atoms with Crippen LogP contribution in [0.3, 0.4) is 0 Å². The smallest absolute Gasteiger partial charge is 0.223 e. The molecule has 0 spiro atoms. The van der Waals surface area contributed by atoms with Crippen LogP contribution < -0.4 is 0 Å². The quantitative estimate of drug-likeness (QED) is 0.715. The Hall–Kier alpha value is -1.42. The van der Waals surface area contributed by atoms with Crippen molar-refractivity contribution in [2.75, 3.05) is 0 Å². The summed E-state index contributed by atoms with van der Waals surface area (Å²) in [5.74, 6) is 0.690. The maximum atomic E-state index is 5.91. The van der Waals surface area contributed by atoms with Gasteiger partial charge in [-0.05, 0) is 17.7 Å². The van der Waals surface area contributed by atoms with E-state index in [4.69, 9.17) is 11.6 Å². The first kappa shape index (κ1) is 11.1. The topological polar surface area (TPSA) is 43.6 Å². The van der Waals surface area contributed by atoms with E-state index in [1.54, 1.807) is 10.9 Å². The second-order valence-electron chi connectivity index (χ2n) is 4.58. The molecule has 16 heavy (non-hydrogen) atoms. The van der Waals surface area contributed by atoms with E-state index >= 15 is 0 Å². The van der Waals surface area contributed by atoms with Crippen LogP contribution in [0.1, 0.15) is 26.5 Å². The molecular weight excluding hydrogens is 224 g/mol. The number of halogens is 1. The third-order valence-corrected chi connectivity index (χ3v) is 2.36. The normalized spacial score (nSPS) is 11.8. The lowest BCUT2D eigenvalue weighted by Crippen LogP contribution is -2.15. The van der Waals surface area contributed by atoms with Gasteiger partial charge in [0.2, 0.25) is 5.28 Å². The molecule has 0 saturated carbocycles. The first-order chi connectivity index (χ1) is 7.47. The zero-order chi connectivity index (χ0) is 11.8. The van der Waals surface area contributed by atoms with E-state index < -0.39 is 0 Å². The lowest BCUT2D eigenvalue weighted by molar-refractivity contribution is 0.565. The van der Waals surface area contributed by atoms with Crippen LogP contribution in [0.5, 0.6) is 0 Å². The van der Waals surface area contributed by atoms with Gasteiger partial charge in [0, 0.05) is 23.9 Å². The van der Waals surface area contributed by atoms with Gasteiger partial charge in [-0.3, -0.25) is 0 Å². The molecule has 0 saturated heterocycles. The molecule has 2 heterocycles. The molecule has 2 rings (SSSR count). The molecule has 2 aromatic rings. The van der Waals surface area contributed by atoms with Crippen molar-refractivity contribution in [2.45, 2.75) is 26.2 Å². The van der Waals surface area contributed by atoms with Gasteiger partial charge in [0.15, 0.2) is 5.82 Å². The third-order valence-electron chi connectivity index (χ3n) is 2.19. The minimum atomic E-state index is -0.0610. The van der Waals surface area contributed by atoms with Gasteiger partial charge in [0.25, 0.3) is 0 Å². The average molecular weight is 237 g/mol. The lowest BCUT2D eigenvalue weighted by Gasteiger charge is -2.18. The number of rotatable bonds is 1. The van der Waals surface area contributed by atoms with Gasteiger partial charge in [-0.1, -0.05) is 20.8 Å². The predicted molar refractivity (Wildman–Crippen MR) is 62.9 cm³/mol. The Morgan fingerprint density at radius 3 is 2.56 bits per heavy atom. The fourth-order valence-corrected chi connectivity index (χ4v) is 1.49. The Balaban J connectivity index is 2.53. The highest BCUT2D eigenvalue weighted by Gasteiger charge is 2.18. The van der Waals surface area contributed by atoms with Gasteiger partial charge in [-0.25, -0.2) is 9.67 Å². The molecule has 84 valence electrons. The number of hydrogen-bond donors (Lipinski definition) is 0. The summed E-state index contributed by atoms with van der Waals surface area (Å²) >= 11 is 5.91. The number of hydrogen-bond acceptors (Lipinski definition) is 3. The van der Waals surface area contributed by atoms with E-state index in [1.807, 2.05) is 18.3 Å². The molecule has 0 aromatic carbocycles. The van der Waals surface area contributed by atoms with Crippen LogP contribution in [0.25, 0.3) is 5.82 Å². The van der Waals surface area contributed by atoms with Gasteiger partial charge >= 0.3 is 0 Å². The fourth-order valence-electron chi connectivity index (χ4n) is 1.31. The zero-order valence-corrected chi connectivity index (χ0v) is 10.2. The van der Waals surface area contributed by atoms with Crippen LogP contribution in [0.4, 0.5) is 0 Å². The summed E-state index contributed by atoms with van der Waals surface area (Å²) in [6.45, 7) is 6.25. The van der Waals surface area contributed by atoms with Gasteiger partial charge in [0.1, 0.15) is 0 Å². The van der Waals surface area contributed by atoms with Crippen LogP contribution >= 0.6 is 11.6 Å². The highest BCUT2D eigenvalue weighted by atomic mass is 35.5. The molecule has 2 aromatic heterocycles. The summed E-state index contributed by atoms with van der Waals surface area (Å²) in [6.07, 6.45) is 3.53. The largest absolute Gasteiger partial charge is 0.224 e. The van der Waals surface area contributed by atoms with Crippen LogP contribution in [-0.2, 0) is 5.41 Å². The lowest BCUT2D eigenvalue weighted by atomic mass is 9.92. The molecule has 0 amide bonds. The Kier molecular flexibility index (Phi) is 2.68. The van der Waals surface area contributed by atoms with Crippen molar-refractivity contribution in [2.24, 2.45) is 0 Å². The van der Waals surface area contributed by atoms with Gasteiger partial charge in [-0.2, -0.15) is 10.1 Å². The molecule has 0 aliphatic carbocycles. The highest BCUT2D eigenvalue weighted by molar-refractivity contribution is 6.28. The first-order valence-electron chi connectivity index (χ1n) is 5.02. The summed E-state index contributed by atoms with van der Waals surface area (Å²) in [5, 5.41) is 4.37. The molecule has 0 fully saturated rings. The van der Waals surface area contributed by atoms with E-state index in [0.717, 1.165) is 5.69 Å². The average Bonchev–Trinajstić information content (AvgIpc) is 2.68. The minimum Gasteiger partial charge on any atom is -0.223 e. The van der Waals surface area contributed by atoms with Crippen molar-refractivity contribution in [1.82, 2.24) is 19.7 Å². The summed E-state index contributed by atoms with van der Waals surface area (Å²) < 4.78 is 1.67. The molecule has 5 heteroatoms. The molecule has 4 nitrogen and oxygen atoms in total. The zero-order valence-electron chi connectivity index (χ0n) is 9.48. The van der Waals surface area contributed by atoms with Gasteiger partial charge in [0.05, 0.1) is 5.69 Å². The van der Waals surface area contributed by atoms with E-state index in [-0.39, 0.29) is 10.7 Å². The van der Waals surface area contributed by atoms with Gasteiger partial charge < -0.3 is 0 Å². The molecule has 0 bridgehead atoms. The number of aromatic nitrogens is 4. The third kappa shape index (κ3) is 2.22. The second kappa shape index (κ2) is 3.87. The van der Waals surface area contributed by atoms with Gasteiger partial charge in [-0.15, -0.1) is 0 Å². The van der Waals surface area contributed by atoms with E-state index in [2.05, 4.69) is 35.8 Å². The molecule has 0 aliphatic heterocycles. The molecule has 0 radical (unpaired) electrons. The molecule has 0 atom stereocenters. The summed E-state index contributed by atoms with van der Waals surface area (Å²) in [4.78, 5) is 8.37. The van der Waals surface area contributed by atoms with Crippen molar-refractivity contribution in [3.8, 4) is 5.82 Å². The Labute approximate surface area is 99.3 Å². The Morgan fingerprint density at radius 2 is 2.00 bits per heavy atom. The first-order valence-corrected chi connectivity index (χ1v) is 5.40. The summed E-state index contributed by atoms with van der Waals surface area (Å²) in [6, 6.07) is 3.74. The van der Waals surface area contributed by atoms with E-state index in [9.17, 15) is 0 Å². The SMILES string of the molecule is CC(C)(C)c1cc(-n2cccn2)nc(Cl)n1. The standard InChI is InChI=1S/C11H13ClN4/c1-11(2,3)8-7-9(15-10(12)14-8)16-6-4-5-13-16/h4-7H,1-3H3. The van der Waals surface area contributed by atoms with E-state index in [0.29, 0.717) is 5.82 Å². The highest BCUT2D eigenvalue weighted by Crippen LogP contribution is 2.22.